The molecule has 4 atom stereocenters. The van der Waals surface area contributed by atoms with Crippen LogP contribution < -0.4 is 5.32 Å². The van der Waals surface area contributed by atoms with Gasteiger partial charge in [0, 0.05) is 6.04 Å². The highest BCUT2D eigenvalue weighted by Gasteiger charge is 2.56. The number of carbonyl (C=O) groups is 1. The van der Waals surface area contributed by atoms with Crippen molar-refractivity contribution >= 4 is 6.09 Å². The molecule has 0 unspecified atom stereocenters. The lowest BCUT2D eigenvalue weighted by Gasteiger charge is -2.61. The first-order valence-corrected chi connectivity index (χ1v) is 5.42. The van der Waals surface area contributed by atoms with Crippen LogP contribution in [0.25, 0.3) is 0 Å². The monoisotopic (exact) mass is 197 g/mol. The van der Waals surface area contributed by atoms with E-state index in [9.17, 15) is 4.79 Å². The molecule has 80 valence electrons. The fourth-order valence-electron chi connectivity index (χ4n) is 3.50. The first-order valence-electron chi connectivity index (χ1n) is 5.42. The molecule has 0 heterocycles. The molecule has 0 aromatic heterocycles. The van der Waals surface area contributed by atoms with Gasteiger partial charge in [0.2, 0.25) is 0 Å². The minimum Gasteiger partial charge on any atom is -0.465 e. The number of nitrogens with one attached hydrogen (secondary N) is 1. The second-order valence-corrected chi connectivity index (χ2v) is 5.51. The van der Waals surface area contributed by atoms with E-state index in [1.807, 2.05) is 0 Å². The van der Waals surface area contributed by atoms with Crippen LogP contribution in [0.3, 0.4) is 0 Å². The van der Waals surface area contributed by atoms with E-state index >= 15 is 0 Å². The molecule has 3 nitrogen and oxygen atoms in total. The molecule has 14 heavy (non-hydrogen) atoms. The van der Waals surface area contributed by atoms with Gasteiger partial charge in [0.25, 0.3) is 0 Å². The number of hydrogen-bond acceptors (Lipinski definition) is 1. The minimum atomic E-state index is -0.874. The Balaban J connectivity index is 2.04. The molecule has 3 saturated carbocycles. The van der Waals surface area contributed by atoms with Gasteiger partial charge in [0.15, 0.2) is 0 Å². The molecular formula is C11H19NO2. The van der Waals surface area contributed by atoms with Crippen molar-refractivity contribution in [2.75, 3.05) is 0 Å². The van der Waals surface area contributed by atoms with Crippen molar-refractivity contribution in [3.05, 3.63) is 0 Å². The average Bonchev–Trinajstić information content (AvgIpc) is 2.06. The van der Waals surface area contributed by atoms with E-state index in [1.165, 1.54) is 6.42 Å². The van der Waals surface area contributed by atoms with Crippen molar-refractivity contribution in [1.82, 2.24) is 5.32 Å². The molecule has 3 aliphatic rings. The quantitative estimate of drug-likeness (QED) is 0.677. The van der Waals surface area contributed by atoms with Crippen LogP contribution in [0, 0.1) is 23.2 Å². The number of rotatable bonds is 1. The SMILES string of the molecule is C[C@@H]1[C@H]2C[C@@H](C[C@H]1NC(=O)O)C2(C)C. The first-order chi connectivity index (χ1) is 6.43. The average molecular weight is 197 g/mol. The summed E-state index contributed by atoms with van der Waals surface area (Å²) in [6, 6.07) is 0.185. The molecule has 2 N–H and O–H groups in total. The van der Waals surface area contributed by atoms with Gasteiger partial charge in [-0.1, -0.05) is 20.8 Å². The van der Waals surface area contributed by atoms with Gasteiger partial charge in [-0.2, -0.15) is 0 Å². The molecule has 0 spiro atoms. The van der Waals surface area contributed by atoms with Gasteiger partial charge in [-0.3, -0.25) is 0 Å². The number of carboxylic acid groups (broad SMARTS) is 1. The summed E-state index contributed by atoms with van der Waals surface area (Å²) in [4.78, 5) is 10.6. The third kappa shape index (κ3) is 1.22. The molecule has 3 fully saturated rings. The fourth-order valence-corrected chi connectivity index (χ4v) is 3.50. The summed E-state index contributed by atoms with van der Waals surface area (Å²) < 4.78 is 0. The Morgan fingerprint density at radius 3 is 2.50 bits per heavy atom. The molecule has 0 aromatic carbocycles. The molecule has 0 saturated heterocycles. The van der Waals surface area contributed by atoms with E-state index in [-0.39, 0.29) is 6.04 Å². The van der Waals surface area contributed by atoms with E-state index in [4.69, 9.17) is 5.11 Å². The van der Waals surface area contributed by atoms with Crippen LogP contribution in [0.5, 0.6) is 0 Å². The Bertz CT molecular complexity index is 262. The lowest BCUT2D eigenvalue weighted by molar-refractivity contribution is -0.113. The van der Waals surface area contributed by atoms with Crippen molar-refractivity contribution in [2.24, 2.45) is 23.2 Å². The minimum absolute atomic E-state index is 0.185. The summed E-state index contributed by atoms with van der Waals surface area (Å²) in [5.74, 6) is 1.92. The van der Waals surface area contributed by atoms with Gasteiger partial charge in [0.05, 0.1) is 0 Å². The lowest BCUT2D eigenvalue weighted by atomic mass is 9.45. The van der Waals surface area contributed by atoms with Gasteiger partial charge < -0.3 is 10.4 Å². The highest BCUT2D eigenvalue weighted by atomic mass is 16.4. The molecule has 0 aliphatic heterocycles. The van der Waals surface area contributed by atoms with Crippen molar-refractivity contribution in [2.45, 2.75) is 39.7 Å². The van der Waals surface area contributed by atoms with E-state index < -0.39 is 6.09 Å². The van der Waals surface area contributed by atoms with Gasteiger partial charge in [0.1, 0.15) is 0 Å². The van der Waals surface area contributed by atoms with Crippen LogP contribution in [0.1, 0.15) is 33.6 Å². The van der Waals surface area contributed by atoms with Crippen molar-refractivity contribution in [3.63, 3.8) is 0 Å². The summed E-state index contributed by atoms with van der Waals surface area (Å²) in [5, 5.41) is 11.4. The van der Waals surface area contributed by atoms with Gasteiger partial charge in [-0.05, 0) is 36.0 Å². The highest BCUT2D eigenvalue weighted by Crippen LogP contribution is 2.61. The maximum absolute atomic E-state index is 10.6. The van der Waals surface area contributed by atoms with E-state index in [0.29, 0.717) is 17.3 Å². The smallest absolute Gasteiger partial charge is 0.404 e. The number of fused-ring (bicyclic) bond motifs is 2. The summed E-state index contributed by atoms with van der Waals surface area (Å²) in [5.41, 5.74) is 0.441. The topological polar surface area (TPSA) is 49.3 Å². The third-order valence-electron chi connectivity index (χ3n) is 4.66. The van der Waals surface area contributed by atoms with Crippen molar-refractivity contribution in [3.8, 4) is 0 Å². The van der Waals surface area contributed by atoms with Crippen molar-refractivity contribution in [1.29, 1.82) is 0 Å². The van der Waals surface area contributed by atoms with E-state index in [0.717, 1.165) is 12.3 Å². The Labute approximate surface area is 84.9 Å². The zero-order valence-corrected chi connectivity index (χ0v) is 9.08. The van der Waals surface area contributed by atoms with Crippen LogP contribution in [0.2, 0.25) is 0 Å². The summed E-state index contributed by atoms with van der Waals surface area (Å²) in [7, 11) is 0. The molecule has 3 rings (SSSR count). The van der Waals surface area contributed by atoms with Crippen LogP contribution in [0.4, 0.5) is 4.79 Å². The fraction of sp³-hybridized carbons (Fsp3) is 0.909. The van der Waals surface area contributed by atoms with E-state index in [2.05, 4.69) is 26.1 Å². The second-order valence-electron chi connectivity index (χ2n) is 5.51. The molecule has 0 radical (unpaired) electrons. The predicted molar refractivity (Wildman–Crippen MR) is 54.1 cm³/mol. The predicted octanol–water partition coefficient (Wildman–Crippen LogP) is 2.32. The van der Waals surface area contributed by atoms with Crippen molar-refractivity contribution < 1.29 is 9.90 Å². The Morgan fingerprint density at radius 2 is 2.07 bits per heavy atom. The normalized spacial score (nSPS) is 43.9. The molecule has 3 aliphatic carbocycles. The van der Waals surface area contributed by atoms with Crippen LogP contribution in [-0.4, -0.2) is 17.2 Å². The van der Waals surface area contributed by atoms with Crippen LogP contribution >= 0.6 is 0 Å². The van der Waals surface area contributed by atoms with Crippen LogP contribution in [0.15, 0.2) is 0 Å². The maximum Gasteiger partial charge on any atom is 0.404 e. The van der Waals surface area contributed by atoms with E-state index in [1.54, 1.807) is 0 Å². The number of amides is 1. The second kappa shape index (κ2) is 2.88. The highest BCUT2D eigenvalue weighted by molar-refractivity contribution is 5.65. The molecule has 3 heteroatoms. The molecular weight excluding hydrogens is 178 g/mol. The summed E-state index contributed by atoms with van der Waals surface area (Å²) in [6.07, 6.45) is 1.45. The Hall–Kier alpha value is -0.730. The Morgan fingerprint density at radius 1 is 1.43 bits per heavy atom. The molecule has 2 bridgehead atoms. The third-order valence-corrected chi connectivity index (χ3v) is 4.66. The molecule has 0 aromatic rings. The largest absolute Gasteiger partial charge is 0.465 e. The standard InChI is InChI=1S/C11H19NO2/c1-6-8-4-7(11(8,2)3)5-9(6)12-10(13)14/h6-9,12H,4-5H2,1-3H3,(H,13,14)/t6-,7+,8-,9-/m1/s1. The van der Waals surface area contributed by atoms with Gasteiger partial charge in [-0.25, -0.2) is 4.79 Å². The molecule has 1 amide bonds. The summed E-state index contributed by atoms with van der Waals surface area (Å²) in [6.45, 7) is 6.82. The maximum atomic E-state index is 10.6. The lowest BCUT2D eigenvalue weighted by Crippen LogP contribution is -2.60. The first kappa shape index (κ1) is 9.81. The Kier molecular flexibility index (Phi) is 2.02. The zero-order valence-electron chi connectivity index (χ0n) is 9.08. The zero-order chi connectivity index (χ0) is 10.5. The van der Waals surface area contributed by atoms with Gasteiger partial charge in [-0.15, -0.1) is 0 Å². The van der Waals surface area contributed by atoms with Gasteiger partial charge >= 0.3 is 6.09 Å². The summed E-state index contributed by atoms with van der Waals surface area (Å²) >= 11 is 0. The number of hydrogen-bond donors (Lipinski definition) is 2. The van der Waals surface area contributed by atoms with Crippen LogP contribution in [-0.2, 0) is 0 Å².